The van der Waals surface area contributed by atoms with Crippen LogP contribution >= 0.6 is 0 Å². The fourth-order valence-electron chi connectivity index (χ4n) is 7.86. The van der Waals surface area contributed by atoms with E-state index in [1.165, 1.54) is 12.1 Å². The lowest BCUT2D eigenvalue weighted by Crippen LogP contribution is -2.45. The van der Waals surface area contributed by atoms with Gasteiger partial charge in [-0.2, -0.15) is 0 Å². The molecule has 0 aliphatic heterocycles. The Bertz CT molecular complexity index is 1690. The van der Waals surface area contributed by atoms with Gasteiger partial charge in [0, 0.05) is 24.0 Å². The monoisotopic (exact) mass is 573 g/mol. The predicted octanol–water partition coefficient (Wildman–Crippen LogP) is 5.65. The second-order valence-electron chi connectivity index (χ2n) is 11.2. The molecule has 0 amide bonds. The second-order valence-corrected chi connectivity index (χ2v) is 15.4. The van der Waals surface area contributed by atoms with Gasteiger partial charge in [0.2, 0.25) is 0 Å². The van der Waals surface area contributed by atoms with Crippen LogP contribution in [0.15, 0.2) is 111 Å². The Labute approximate surface area is 233 Å². The summed E-state index contributed by atoms with van der Waals surface area (Å²) in [5, 5.41) is 8.89. The van der Waals surface area contributed by atoms with E-state index in [0.29, 0.717) is 5.56 Å². The lowest BCUT2D eigenvalue weighted by atomic mass is 9.82. The highest BCUT2D eigenvalue weighted by molar-refractivity contribution is 7.96. The molecule has 6 unspecified atom stereocenters. The molecule has 0 spiro atoms. The van der Waals surface area contributed by atoms with Crippen LogP contribution in [-0.4, -0.2) is 32.3 Å². The van der Waals surface area contributed by atoms with Gasteiger partial charge in [0.05, 0.1) is 25.2 Å². The fourth-order valence-corrected chi connectivity index (χ4v) is 12.8. The molecule has 7 rings (SSSR count). The highest BCUT2D eigenvalue weighted by Crippen LogP contribution is 2.68. The third-order valence-electron chi connectivity index (χ3n) is 9.31. The first kappa shape index (κ1) is 25.4. The fraction of sp³-hybridized carbons (Fsp3) is 0.290. The lowest BCUT2D eigenvalue weighted by Gasteiger charge is -2.35. The van der Waals surface area contributed by atoms with Gasteiger partial charge < -0.3 is 0 Å². The first-order valence-corrected chi connectivity index (χ1v) is 16.6. The maximum absolute atomic E-state index is 14.4. The van der Waals surface area contributed by atoms with Crippen LogP contribution < -0.4 is 0 Å². The highest BCUT2D eigenvalue weighted by atomic mass is 32.2. The summed E-state index contributed by atoms with van der Waals surface area (Å²) in [5.74, 6) is -0.549. The maximum atomic E-state index is 14.4. The summed E-state index contributed by atoms with van der Waals surface area (Å²) in [7, 11) is -8.10. The van der Waals surface area contributed by atoms with Crippen LogP contribution in [0.1, 0.15) is 24.8 Å². The van der Waals surface area contributed by atoms with Gasteiger partial charge in [-0.25, -0.2) is 16.8 Å². The number of hydrogen-bond donors (Lipinski definition) is 0. The molecule has 204 valence electrons. The number of benzene rings is 3. The van der Waals surface area contributed by atoms with Gasteiger partial charge in [-0.3, -0.25) is 10.1 Å². The first-order valence-electron chi connectivity index (χ1n) is 13.5. The second kappa shape index (κ2) is 8.97. The van der Waals surface area contributed by atoms with Gasteiger partial charge in [0.15, 0.2) is 19.7 Å². The van der Waals surface area contributed by atoms with Crippen LogP contribution in [0, 0.1) is 33.8 Å². The number of nitro benzene ring substituents is 1. The summed E-state index contributed by atoms with van der Waals surface area (Å²) in [5.41, 5.74) is 3.74. The van der Waals surface area contributed by atoms with Crippen molar-refractivity contribution in [3.8, 4) is 0 Å². The number of allylic oxidation sites excluding steroid dienone is 3. The Morgan fingerprint density at radius 2 is 1.12 bits per heavy atom. The molecule has 3 aromatic rings. The van der Waals surface area contributed by atoms with Gasteiger partial charge in [-0.15, -0.1) is 0 Å². The van der Waals surface area contributed by atoms with Crippen molar-refractivity contribution < 1.29 is 21.8 Å². The third-order valence-corrected chi connectivity index (χ3v) is 13.9. The molecule has 4 aliphatic carbocycles. The van der Waals surface area contributed by atoms with Crippen LogP contribution in [0.5, 0.6) is 0 Å². The number of non-ortho nitro benzene ring substituents is 1. The molecule has 0 N–H and O–H groups in total. The zero-order chi connectivity index (χ0) is 27.8. The van der Waals surface area contributed by atoms with Crippen molar-refractivity contribution >= 4 is 31.4 Å². The van der Waals surface area contributed by atoms with Crippen LogP contribution in [-0.2, 0) is 19.7 Å². The molecular weight excluding hydrogens is 546 g/mol. The molecule has 0 saturated heterocycles. The summed E-state index contributed by atoms with van der Waals surface area (Å²) >= 11 is 0. The molecular formula is C31H27NO6S2. The first-order chi connectivity index (χ1) is 19.2. The minimum absolute atomic E-state index is 0.0377. The molecule has 3 aromatic carbocycles. The van der Waals surface area contributed by atoms with Crippen molar-refractivity contribution in [2.45, 2.75) is 39.6 Å². The molecule has 4 aliphatic rings. The van der Waals surface area contributed by atoms with Crippen molar-refractivity contribution in [3.63, 3.8) is 0 Å². The van der Waals surface area contributed by atoms with Gasteiger partial charge >= 0.3 is 0 Å². The number of fused-ring (bicyclic) bond motifs is 8. The lowest BCUT2D eigenvalue weighted by molar-refractivity contribution is -0.384. The molecule has 0 aromatic heterocycles. The van der Waals surface area contributed by atoms with E-state index in [2.05, 4.69) is 0 Å². The Morgan fingerprint density at radius 3 is 1.55 bits per heavy atom. The smallest absolute Gasteiger partial charge is 0.258 e. The van der Waals surface area contributed by atoms with Gasteiger partial charge in [0.1, 0.15) is 0 Å². The van der Waals surface area contributed by atoms with Crippen molar-refractivity contribution in [3.05, 3.63) is 117 Å². The molecule has 2 fully saturated rings. The van der Waals surface area contributed by atoms with Crippen LogP contribution in [0.3, 0.4) is 0 Å². The Balaban J connectivity index is 1.47. The van der Waals surface area contributed by atoms with Gasteiger partial charge in [-0.05, 0) is 73.1 Å². The number of sulfone groups is 2. The van der Waals surface area contributed by atoms with E-state index in [1.54, 1.807) is 72.8 Å². The largest absolute Gasteiger partial charge is 0.269 e. The number of nitro groups is 1. The average Bonchev–Trinajstić information content (AvgIpc) is 3.73. The normalized spacial score (nSPS) is 28.6. The number of nitrogens with zero attached hydrogens (tertiary/aromatic N) is 1. The van der Waals surface area contributed by atoms with E-state index >= 15 is 0 Å². The van der Waals surface area contributed by atoms with E-state index in [-0.39, 0.29) is 27.3 Å². The van der Waals surface area contributed by atoms with E-state index < -0.39 is 46.9 Å². The Kier molecular flexibility index (Phi) is 5.70. The summed E-state index contributed by atoms with van der Waals surface area (Å²) in [6.07, 6.45) is 4.83. The van der Waals surface area contributed by atoms with Crippen LogP contribution in [0.4, 0.5) is 5.69 Å². The number of hydrogen-bond acceptors (Lipinski definition) is 6. The van der Waals surface area contributed by atoms with Crippen molar-refractivity contribution in [1.29, 1.82) is 0 Å². The molecule has 9 heteroatoms. The Hall–Kier alpha value is -3.56. The maximum Gasteiger partial charge on any atom is 0.269 e. The molecule has 0 heterocycles. The van der Waals surface area contributed by atoms with Crippen LogP contribution in [0.25, 0.3) is 6.08 Å². The standard InChI is InChI=1S/C31H27NO6S2/c33-32(34)22-15-11-19(12-16-22)17-25-28-26-20-13-14-21(18-20)27(26)29(25)31(40(37,38)24-9-5-2-6-10-24)30(28)39(35,36)23-7-3-1-4-8-23/h1-12,15-17,20-21,28-31H,13-14,18H2. The van der Waals surface area contributed by atoms with Gasteiger partial charge in [0.25, 0.3) is 5.69 Å². The molecule has 4 bridgehead atoms. The summed E-state index contributed by atoms with van der Waals surface area (Å²) in [6, 6.07) is 22.5. The topological polar surface area (TPSA) is 111 Å². The predicted molar refractivity (Wildman–Crippen MR) is 151 cm³/mol. The summed E-state index contributed by atoms with van der Waals surface area (Å²) in [4.78, 5) is 11.0. The van der Waals surface area contributed by atoms with Gasteiger partial charge in [-0.1, -0.05) is 59.2 Å². The van der Waals surface area contributed by atoms with Crippen molar-refractivity contribution in [2.24, 2.45) is 23.7 Å². The van der Waals surface area contributed by atoms with E-state index in [4.69, 9.17) is 0 Å². The minimum Gasteiger partial charge on any atom is -0.258 e. The quantitative estimate of drug-likeness (QED) is 0.163. The third kappa shape index (κ3) is 3.60. The van der Waals surface area contributed by atoms with E-state index in [1.807, 2.05) is 6.08 Å². The molecule has 40 heavy (non-hydrogen) atoms. The van der Waals surface area contributed by atoms with Crippen LogP contribution in [0.2, 0.25) is 0 Å². The van der Waals surface area contributed by atoms with E-state index in [9.17, 15) is 26.9 Å². The summed E-state index contributed by atoms with van der Waals surface area (Å²) in [6.45, 7) is 0. The zero-order valence-electron chi connectivity index (χ0n) is 21.5. The summed E-state index contributed by atoms with van der Waals surface area (Å²) < 4.78 is 57.7. The zero-order valence-corrected chi connectivity index (χ0v) is 23.1. The van der Waals surface area contributed by atoms with Crippen molar-refractivity contribution in [2.75, 3.05) is 0 Å². The minimum atomic E-state index is -4.05. The molecule has 2 saturated carbocycles. The van der Waals surface area contributed by atoms with Crippen molar-refractivity contribution in [1.82, 2.24) is 0 Å². The van der Waals surface area contributed by atoms with E-state index in [0.717, 1.165) is 36.0 Å². The molecule has 7 nitrogen and oxygen atoms in total. The molecule has 6 atom stereocenters. The number of rotatable bonds is 6. The Morgan fingerprint density at radius 1 is 0.675 bits per heavy atom. The SMILES string of the molecule is O=[N+]([O-])c1ccc(C=C2C3C4=C(C5CCC4C5)C2C(S(=O)(=O)c2ccccc2)C3S(=O)(=O)c2ccccc2)cc1. The molecule has 0 radical (unpaired) electrons. The highest BCUT2D eigenvalue weighted by Gasteiger charge is 2.67. The average molecular weight is 574 g/mol.